The highest BCUT2D eigenvalue weighted by molar-refractivity contribution is 6.21. The first-order valence-corrected chi connectivity index (χ1v) is 15.0. The highest BCUT2D eigenvalue weighted by Gasteiger charge is 2.23. The fourth-order valence-electron chi connectivity index (χ4n) is 5.09. The molecule has 4 aromatic carbocycles. The van der Waals surface area contributed by atoms with Crippen LogP contribution in [0.1, 0.15) is 38.8 Å². The lowest BCUT2D eigenvalue weighted by Gasteiger charge is -2.19. The summed E-state index contributed by atoms with van der Waals surface area (Å²) < 4.78 is 11.5. The molecular formula is C38H36N4O4. The predicted molar refractivity (Wildman–Crippen MR) is 184 cm³/mol. The normalized spacial score (nSPS) is 15.1. The molecule has 0 spiro atoms. The van der Waals surface area contributed by atoms with Gasteiger partial charge in [-0.3, -0.25) is 9.98 Å². The summed E-state index contributed by atoms with van der Waals surface area (Å²) in [5.41, 5.74) is 6.77. The molecule has 1 aliphatic rings. The Kier molecular flexibility index (Phi) is 10.2. The second-order valence-corrected chi connectivity index (χ2v) is 10.8. The average Bonchev–Trinajstić information content (AvgIpc) is 3.05. The third-order valence-electron chi connectivity index (χ3n) is 7.34. The highest BCUT2D eigenvalue weighted by atomic mass is 16.5. The molecule has 0 bridgehead atoms. The number of rotatable bonds is 6. The number of fused-ring (bicyclic) bond motifs is 2. The van der Waals surface area contributed by atoms with E-state index in [0.717, 1.165) is 11.1 Å². The molecular weight excluding hydrogens is 576 g/mol. The van der Waals surface area contributed by atoms with Gasteiger partial charge in [-0.2, -0.15) is 0 Å². The molecule has 8 heteroatoms. The van der Waals surface area contributed by atoms with Gasteiger partial charge in [0, 0.05) is 11.4 Å². The first-order valence-electron chi connectivity index (χ1n) is 15.0. The van der Waals surface area contributed by atoms with E-state index in [1.807, 2.05) is 109 Å². The number of aliphatic imine (C=N–C) groups is 2. The molecule has 8 nitrogen and oxygen atoms in total. The Morgan fingerprint density at radius 3 is 1.26 bits per heavy atom. The number of hydrogen-bond donors (Lipinski definition) is 2. The summed E-state index contributed by atoms with van der Waals surface area (Å²) in [6.45, 7) is 7.40. The van der Waals surface area contributed by atoms with Gasteiger partial charge in [-0.25, -0.2) is 9.59 Å². The van der Waals surface area contributed by atoms with Crippen molar-refractivity contribution in [3.8, 4) is 0 Å². The zero-order chi connectivity index (χ0) is 32.5. The number of ether oxygens (including phenoxy) is 2. The summed E-state index contributed by atoms with van der Waals surface area (Å²) in [5, 5.41) is 6.73. The molecule has 5 rings (SSSR count). The summed E-state index contributed by atoms with van der Waals surface area (Å²) in [5.74, 6) is -1.02. The van der Waals surface area contributed by atoms with E-state index in [9.17, 15) is 9.59 Å². The van der Waals surface area contributed by atoms with Gasteiger partial charge in [-0.1, -0.05) is 84.9 Å². The second-order valence-electron chi connectivity index (χ2n) is 10.8. The van der Waals surface area contributed by atoms with E-state index in [-0.39, 0.29) is 13.2 Å². The van der Waals surface area contributed by atoms with E-state index in [0.29, 0.717) is 56.7 Å². The Morgan fingerprint density at radius 2 is 0.870 bits per heavy atom. The van der Waals surface area contributed by atoms with E-state index >= 15 is 0 Å². The first-order chi connectivity index (χ1) is 22.3. The number of esters is 2. The minimum Gasteiger partial charge on any atom is -0.457 e. The monoisotopic (exact) mass is 612 g/mol. The molecule has 1 heterocycles. The minimum atomic E-state index is -0.510. The highest BCUT2D eigenvalue weighted by Crippen LogP contribution is 2.31. The quantitative estimate of drug-likeness (QED) is 0.212. The van der Waals surface area contributed by atoms with Crippen LogP contribution in [0, 0.1) is 0 Å². The van der Waals surface area contributed by atoms with Crippen molar-refractivity contribution in [3.63, 3.8) is 0 Å². The summed E-state index contributed by atoms with van der Waals surface area (Å²) in [7, 11) is 0. The molecule has 0 aliphatic carbocycles. The van der Waals surface area contributed by atoms with E-state index in [2.05, 4.69) is 10.6 Å². The van der Waals surface area contributed by atoms with Crippen LogP contribution >= 0.6 is 0 Å². The van der Waals surface area contributed by atoms with Crippen molar-refractivity contribution in [1.29, 1.82) is 0 Å². The van der Waals surface area contributed by atoms with Crippen molar-refractivity contribution in [2.24, 2.45) is 9.98 Å². The number of benzene rings is 4. The van der Waals surface area contributed by atoms with Crippen LogP contribution in [0.4, 0.5) is 22.7 Å². The van der Waals surface area contributed by atoms with Crippen LogP contribution in [0.25, 0.3) is 0 Å². The molecule has 0 atom stereocenters. The largest absolute Gasteiger partial charge is 0.457 e. The molecule has 1 aliphatic heterocycles. The molecule has 0 saturated carbocycles. The predicted octanol–water partition coefficient (Wildman–Crippen LogP) is 8.44. The summed E-state index contributed by atoms with van der Waals surface area (Å²) >= 11 is 0. The lowest BCUT2D eigenvalue weighted by Crippen LogP contribution is -2.20. The number of para-hydroxylation sites is 4. The topological polar surface area (TPSA) is 101 Å². The van der Waals surface area contributed by atoms with E-state index in [1.165, 1.54) is 0 Å². The molecule has 0 amide bonds. The molecule has 0 unspecified atom stereocenters. The van der Waals surface area contributed by atoms with E-state index in [4.69, 9.17) is 19.5 Å². The Labute approximate surface area is 269 Å². The smallest absolute Gasteiger partial charge is 0.342 e. The third kappa shape index (κ3) is 7.84. The van der Waals surface area contributed by atoms with Gasteiger partial charge in [0.05, 0.1) is 45.3 Å². The third-order valence-corrected chi connectivity index (χ3v) is 7.34. The van der Waals surface area contributed by atoms with Gasteiger partial charge < -0.3 is 20.1 Å². The molecule has 0 radical (unpaired) electrons. The van der Waals surface area contributed by atoms with Gasteiger partial charge in [0.1, 0.15) is 13.2 Å². The van der Waals surface area contributed by atoms with Gasteiger partial charge in [-0.15, -0.1) is 0 Å². The van der Waals surface area contributed by atoms with Crippen molar-refractivity contribution in [2.45, 2.75) is 40.9 Å². The van der Waals surface area contributed by atoms with Crippen molar-refractivity contribution in [1.82, 2.24) is 0 Å². The van der Waals surface area contributed by atoms with Crippen LogP contribution in [0.5, 0.6) is 0 Å². The molecule has 0 fully saturated rings. The Morgan fingerprint density at radius 1 is 0.522 bits per heavy atom. The fraction of sp³-hybridized carbons (Fsp3) is 0.158. The maximum atomic E-state index is 13.6. The molecule has 232 valence electrons. The van der Waals surface area contributed by atoms with Gasteiger partial charge in [0.15, 0.2) is 0 Å². The number of nitrogens with one attached hydrogen (secondary N) is 2. The van der Waals surface area contributed by atoms with Gasteiger partial charge >= 0.3 is 11.9 Å². The van der Waals surface area contributed by atoms with E-state index in [1.54, 1.807) is 27.7 Å². The summed E-state index contributed by atoms with van der Waals surface area (Å²) in [6, 6.07) is 33.9. The SMILES string of the molecule is CC1=Nc2ccccc2N/C(C)=C(/C(=O)OCc2ccccc2)C(C)=Nc2ccccc2NC(C)=C1C(=O)OCc1ccccc1. The summed E-state index contributed by atoms with van der Waals surface area (Å²) in [4.78, 5) is 37.0. The zero-order valence-corrected chi connectivity index (χ0v) is 26.3. The Bertz CT molecular complexity index is 1720. The molecule has 0 aromatic heterocycles. The number of allylic oxidation sites excluding steroid dienone is 2. The maximum absolute atomic E-state index is 13.6. The summed E-state index contributed by atoms with van der Waals surface area (Å²) in [6.07, 6.45) is 0. The fourth-order valence-corrected chi connectivity index (χ4v) is 5.09. The average molecular weight is 613 g/mol. The van der Waals surface area contributed by atoms with Crippen LogP contribution < -0.4 is 10.6 Å². The van der Waals surface area contributed by atoms with Gasteiger partial charge in [0.2, 0.25) is 0 Å². The Hall–Kier alpha value is -5.76. The number of anilines is 2. The number of nitrogens with zero attached hydrogens (tertiary/aromatic N) is 2. The first kappa shape index (κ1) is 31.7. The van der Waals surface area contributed by atoms with Crippen LogP contribution in [0.3, 0.4) is 0 Å². The molecule has 2 N–H and O–H groups in total. The Balaban J connectivity index is 1.59. The second kappa shape index (κ2) is 14.8. The van der Waals surface area contributed by atoms with Crippen molar-refractivity contribution in [2.75, 3.05) is 10.6 Å². The number of carbonyl (C=O) groups is 2. The zero-order valence-electron chi connectivity index (χ0n) is 26.3. The lowest BCUT2D eigenvalue weighted by molar-refractivity contribution is -0.140. The van der Waals surface area contributed by atoms with Crippen molar-refractivity contribution >= 4 is 46.1 Å². The van der Waals surface area contributed by atoms with Crippen LogP contribution in [-0.4, -0.2) is 23.4 Å². The van der Waals surface area contributed by atoms with Crippen LogP contribution in [-0.2, 0) is 32.3 Å². The van der Waals surface area contributed by atoms with Gasteiger partial charge in [0.25, 0.3) is 0 Å². The van der Waals surface area contributed by atoms with Gasteiger partial charge in [-0.05, 0) is 63.1 Å². The van der Waals surface area contributed by atoms with Crippen LogP contribution in [0.15, 0.2) is 142 Å². The van der Waals surface area contributed by atoms with Crippen molar-refractivity contribution in [3.05, 3.63) is 143 Å². The maximum Gasteiger partial charge on any atom is 0.342 e. The standard InChI is InChI=1S/C38H36N4O4/c1-25-35(37(43)45-23-29-15-7-5-8-16-29)26(2)40-33-21-13-14-22-34(33)42-28(4)36(38(44)46-24-30-17-9-6-10-18-30)27(3)41-32-20-12-11-19-31(32)39-25/h5-22,39,42H,23-24H2,1-4H3/b35-25+,36-28?,40-26?,41-27?. The lowest BCUT2D eigenvalue weighted by atomic mass is 10.1. The molecule has 0 saturated heterocycles. The number of hydrogen-bond acceptors (Lipinski definition) is 8. The molecule has 4 aromatic rings. The molecule has 46 heavy (non-hydrogen) atoms. The van der Waals surface area contributed by atoms with Crippen LogP contribution in [0.2, 0.25) is 0 Å². The van der Waals surface area contributed by atoms with Crippen molar-refractivity contribution < 1.29 is 19.1 Å². The van der Waals surface area contributed by atoms with E-state index < -0.39 is 11.9 Å². The number of carbonyl (C=O) groups excluding carboxylic acids is 2. The minimum absolute atomic E-state index is 0.120.